The zero-order valence-electron chi connectivity index (χ0n) is 20.9. The lowest BCUT2D eigenvalue weighted by Gasteiger charge is -2.47. The number of rotatable bonds is 3. The number of hydrogen-bond donors (Lipinski definition) is 0. The normalized spacial score (nSPS) is 27.9. The molecule has 5 heterocycles. The minimum Gasteiger partial charge on any atom is -0.350 e. The van der Waals surface area contributed by atoms with Crippen molar-refractivity contribution >= 4 is 44.7 Å². The number of nitriles is 1. The maximum absolute atomic E-state index is 15.1. The first-order valence-corrected chi connectivity index (χ1v) is 14.0. The number of nitrogens with zero attached hydrogens (tertiary/aromatic N) is 7. The molecule has 0 saturated carbocycles. The van der Waals surface area contributed by atoms with Crippen molar-refractivity contribution < 1.29 is 17.6 Å². The van der Waals surface area contributed by atoms with Gasteiger partial charge in [0.2, 0.25) is 0 Å². The number of fused-ring (bicyclic) bond motifs is 1. The molecule has 0 bridgehead atoms. The first-order valence-electron chi connectivity index (χ1n) is 12.0. The molecule has 3 aliphatic rings. The van der Waals surface area contributed by atoms with Crippen molar-refractivity contribution in [2.24, 2.45) is 0 Å². The van der Waals surface area contributed by atoms with E-state index < -0.39 is 26.8 Å². The summed E-state index contributed by atoms with van der Waals surface area (Å²) in [6, 6.07) is 2.98. The third-order valence-corrected chi connectivity index (χ3v) is 9.96. The Bertz CT molecular complexity index is 1450. The molecule has 2 fully saturated rings. The van der Waals surface area contributed by atoms with Crippen LogP contribution in [-0.2, 0) is 20.0 Å². The molecule has 3 atom stereocenters. The van der Waals surface area contributed by atoms with Crippen molar-refractivity contribution in [1.29, 1.82) is 5.26 Å². The average molecular weight is 548 g/mol. The first kappa shape index (κ1) is 25.6. The Labute approximate surface area is 220 Å². The molecule has 5 rings (SSSR count). The van der Waals surface area contributed by atoms with Crippen LogP contribution in [0, 0.1) is 11.3 Å². The highest BCUT2D eigenvalue weighted by Gasteiger charge is 2.61. The SMILES string of the molecule is C[C@@H]1CN(c2ncnc3c2C(C)(C)CN3c2cnc(C#N)c(Cl)c2)[C@@H](C)CN1C(=O)C1(F)CCS1(=O)=O. The van der Waals surface area contributed by atoms with Crippen molar-refractivity contribution in [3.63, 3.8) is 0 Å². The highest BCUT2D eigenvalue weighted by molar-refractivity contribution is 7.94. The summed E-state index contributed by atoms with van der Waals surface area (Å²) in [5.41, 5.74) is 1.39. The molecule has 0 aromatic carbocycles. The number of carbonyl (C=O) groups excluding carboxylic acids is 1. The second-order valence-electron chi connectivity index (χ2n) is 10.6. The van der Waals surface area contributed by atoms with Gasteiger partial charge in [-0.05, 0) is 19.9 Å². The summed E-state index contributed by atoms with van der Waals surface area (Å²) in [6.45, 7) is 8.95. The van der Waals surface area contributed by atoms with Crippen LogP contribution in [0.2, 0.25) is 5.02 Å². The fourth-order valence-corrected chi connectivity index (χ4v) is 6.90. The molecule has 3 aliphatic heterocycles. The number of pyridine rings is 1. The van der Waals surface area contributed by atoms with Crippen LogP contribution in [-0.4, -0.2) is 76.6 Å². The zero-order valence-corrected chi connectivity index (χ0v) is 22.5. The number of piperazine rings is 1. The fourth-order valence-electron chi connectivity index (χ4n) is 5.42. The van der Waals surface area contributed by atoms with E-state index >= 15 is 4.39 Å². The van der Waals surface area contributed by atoms with Crippen LogP contribution < -0.4 is 9.80 Å². The van der Waals surface area contributed by atoms with E-state index in [1.54, 1.807) is 19.2 Å². The summed E-state index contributed by atoms with van der Waals surface area (Å²) >= 11 is 6.25. The second kappa shape index (κ2) is 8.49. The number of alkyl halides is 1. The van der Waals surface area contributed by atoms with Gasteiger partial charge in [0.05, 0.1) is 22.7 Å². The van der Waals surface area contributed by atoms with E-state index in [4.69, 9.17) is 11.6 Å². The van der Waals surface area contributed by atoms with Gasteiger partial charge in [-0.15, -0.1) is 0 Å². The van der Waals surface area contributed by atoms with Gasteiger partial charge in [0.1, 0.15) is 24.0 Å². The number of hydrogen-bond acceptors (Lipinski definition) is 9. The maximum Gasteiger partial charge on any atom is 0.288 e. The van der Waals surface area contributed by atoms with E-state index in [0.29, 0.717) is 30.4 Å². The number of anilines is 3. The third-order valence-electron chi connectivity index (χ3n) is 7.56. The molecule has 37 heavy (non-hydrogen) atoms. The Morgan fingerprint density at radius 1 is 1.19 bits per heavy atom. The van der Waals surface area contributed by atoms with Crippen LogP contribution >= 0.6 is 11.6 Å². The number of aromatic nitrogens is 3. The van der Waals surface area contributed by atoms with Crippen molar-refractivity contribution in [1.82, 2.24) is 19.9 Å². The third kappa shape index (κ3) is 3.82. The molecule has 2 saturated heterocycles. The summed E-state index contributed by atoms with van der Waals surface area (Å²) < 4.78 is 39.1. The predicted octanol–water partition coefficient (Wildman–Crippen LogP) is 2.74. The number of sulfone groups is 1. The molecule has 0 N–H and O–H groups in total. The van der Waals surface area contributed by atoms with Gasteiger partial charge in [-0.25, -0.2) is 27.8 Å². The van der Waals surface area contributed by atoms with Crippen molar-refractivity contribution in [3.8, 4) is 6.07 Å². The molecule has 0 aliphatic carbocycles. The van der Waals surface area contributed by atoms with Crippen LogP contribution in [0.4, 0.5) is 21.7 Å². The highest BCUT2D eigenvalue weighted by Crippen LogP contribution is 2.48. The van der Waals surface area contributed by atoms with Gasteiger partial charge >= 0.3 is 0 Å². The van der Waals surface area contributed by atoms with Gasteiger partial charge < -0.3 is 14.7 Å². The molecule has 196 valence electrons. The molecular weight excluding hydrogens is 521 g/mol. The fraction of sp³-hybridized carbons (Fsp3) is 0.542. The van der Waals surface area contributed by atoms with Crippen LogP contribution in [0.3, 0.4) is 0 Å². The molecule has 2 aromatic rings. The molecule has 1 unspecified atom stereocenters. The van der Waals surface area contributed by atoms with Crippen molar-refractivity contribution in [3.05, 3.63) is 34.9 Å². The predicted molar refractivity (Wildman–Crippen MR) is 136 cm³/mol. The maximum atomic E-state index is 15.1. The van der Waals surface area contributed by atoms with E-state index in [0.717, 1.165) is 5.56 Å². The Kier molecular flexibility index (Phi) is 5.88. The quantitative estimate of drug-likeness (QED) is 0.570. The summed E-state index contributed by atoms with van der Waals surface area (Å²) in [4.78, 5) is 31.7. The molecule has 0 spiro atoms. The van der Waals surface area contributed by atoms with Crippen molar-refractivity contribution in [2.75, 3.05) is 35.2 Å². The van der Waals surface area contributed by atoms with Gasteiger partial charge in [0.25, 0.3) is 10.9 Å². The van der Waals surface area contributed by atoms with Crippen molar-refractivity contribution in [2.45, 2.75) is 56.6 Å². The summed E-state index contributed by atoms with van der Waals surface area (Å²) in [5, 5.41) is 6.60. The monoisotopic (exact) mass is 547 g/mol. The second-order valence-corrected chi connectivity index (χ2v) is 13.3. The molecule has 13 heteroatoms. The van der Waals surface area contributed by atoms with Gasteiger partial charge in [-0.3, -0.25) is 4.79 Å². The number of halogens is 2. The Balaban J connectivity index is 1.47. The summed E-state index contributed by atoms with van der Waals surface area (Å²) in [6.07, 6.45) is 2.77. The lowest BCUT2D eigenvalue weighted by molar-refractivity contribution is -0.142. The van der Waals surface area contributed by atoms with E-state index in [9.17, 15) is 18.5 Å². The molecular formula is C24H27ClFN7O3S. The molecule has 2 aromatic heterocycles. The Hall–Kier alpha value is -3.04. The first-order chi connectivity index (χ1) is 17.3. The number of carbonyl (C=O) groups is 1. The van der Waals surface area contributed by atoms with Crippen LogP contribution in [0.15, 0.2) is 18.6 Å². The van der Waals surface area contributed by atoms with Gasteiger partial charge in [0.15, 0.2) is 15.5 Å². The smallest absolute Gasteiger partial charge is 0.288 e. The molecule has 10 nitrogen and oxygen atoms in total. The van der Waals surface area contributed by atoms with E-state index in [1.165, 1.54) is 11.2 Å². The summed E-state index contributed by atoms with van der Waals surface area (Å²) in [5.74, 6) is 0.127. The van der Waals surface area contributed by atoms with Crippen LogP contribution in [0.25, 0.3) is 0 Å². The van der Waals surface area contributed by atoms with Gasteiger partial charge in [-0.1, -0.05) is 25.4 Å². The van der Waals surface area contributed by atoms with Gasteiger partial charge in [0, 0.05) is 49.1 Å². The van der Waals surface area contributed by atoms with E-state index in [2.05, 4.69) is 33.7 Å². The average Bonchev–Trinajstić information content (AvgIpc) is 3.14. The standard InChI is InChI=1S/C24H27ClFN7O3S/c1-14-11-32(22(34)24(26)5-6-37(24,35)36)15(2)10-31(14)20-19-21(30-13-29-20)33(12-23(19,3)4)16-7-17(25)18(8-27)28-9-16/h7,9,13-15H,5-6,10-12H2,1-4H3/t14-,15+,24?/m0/s1. The lowest BCUT2D eigenvalue weighted by Crippen LogP contribution is -2.66. The minimum atomic E-state index is -4.07. The largest absolute Gasteiger partial charge is 0.350 e. The van der Waals surface area contributed by atoms with E-state index in [1.807, 2.05) is 17.9 Å². The lowest BCUT2D eigenvalue weighted by atomic mass is 9.87. The van der Waals surface area contributed by atoms with E-state index in [-0.39, 0.29) is 40.9 Å². The highest BCUT2D eigenvalue weighted by atomic mass is 35.5. The summed E-state index contributed by atoms with van der Waals surface area (Å²) in [7, 11) is -4.07. The van der Waals surface area contributed by atoms with Crippen LogP contribution in [0.5, 0.6) is 0 Å². The van der Waals surface area contributed by atoms with Crippen LogP contribution in [0.1, 0.15) is 45.4 Å². The Morgan fingerprint density at radius 2 is 1.89 bits per heavy atom. The minimum absolute atomic E-state index is 0.146. The van der Waals surface area contributed by atoms with Gasteiger partial charge in [-0.2, -0.15) is 5.26 Å². The number of amides is 1. The topological polar surface area (TPSA) is 123 Å². The molecule has 1 amide bonds. The zero-order chi connectivity index (χ0) is 26.9. The molecule has 0 radical (unpaired) electrons. The Morgan fingerprint density at radius 3 is 2.49 bits per heavy atom.